The number of carbonyl (C=O) groups excluding carboxylic acids is 1. The van der Waals surface area contributed by atoms with Crippen LogP contribution in [0.3, 0.4) is 0 Å². The highest BCUT2D eigenvalue weighted by Gasteiger charge is 2.60. The second-order valence-electron chi connectivity index (χ2n) is 7.27. The summed E-state index contributed by atoms with van der Waals surface area (Å²) in [7, 11) is -1.50. The molecular weight excluding hydrogens is 320 g/mol. The zero-order valence-corrected chi connectivity index (χ0v) is 14.5. The molecule has 0 saturated carbocycles. The van der Waals surface area contributed by atoms with Gasteiger partial charge in [-0.05, 0) is 40.7 Å². The molecule has 24 heavy (non-hydrogen) atoms. The summed E-state index contributed by atoms with van der Waals surface area (Å²) in [6, 6.07) is 6.54. The van der Waals surface area contributed by atoms with Crippen molar-refractivity contribution in [2.75, 3.05) is 0 Å². The Labute approximate surface area is 140 Å². The minimum absolute atomic E-state index is 0.265. The molecule has 1 aliphatic heterocycles. The smallest absolute Gasteiger partial charge is 0.403 e. The first-order valence-electron chi connectivity index (χ1n) is 7.86. The van der Waals surface area contributed by atoms with E-state index >= 15 is 0 Å². The molecule has 132 valence electrons. The van der Waals surface area contributed by atoms with Crippen LogP contribution in [0.5, 0.6) is 0 Å². The number of halogens is 3. The highest BCUT2D eigenvalue weighted by Crippen LogP contribution is 2.46. The van der Waals surface area contributed by atoms with Crippen molar-refractivity contribution in [3.8, 4) is 0 Å². The van der Waals surface area contributed by atoms with Gasteiger partial charge in [-0.15, -0.1) is 0 Å². The molecule has 0 spiro atoms. The maximum Gasteiger partial charge on any atom is 0.470 e. The molecule has 1 atom stereocenters. The summed E-state index contributed by atoms with van der Waals surface area (Å²) < 4.78 is 51.6. The number of rotatable bonds is 4. The van der Waals surface area contributed by atoms with Crippen LogP contribution in [-0.2, 0) is 9.31 Å². The van der Waals surface area contributed by atoms with Crippen molar-refractivity contribution >= 4 is 12.9 Å². The summed E-state index contributed by atoms with van der Waals surface area (Å²) in [6.45, 7) is 8.52. The van der Waals surface area contributed by atoms with Crippen molar-refractivity contribution in [2.24, 2.45) is 0 Å². The number of carbonyl (C=O) groups is 1. The highest BCUT2D eigenvalue weighted by atomic mass is 19.4. The average molecular weight is 342 g/mol. The summed E-state index contributed by atoms with van der Waals surface area (Å²) in [5, 5.41) is 0. The summed E-state index contributed by atoms with van der Waals surface area (Å²) in [4.78, 5) is 12.3. The van der Waals surface area contributed by atoms with Crippen molar-refractivity contribution in [3.63, 3.8) is 0 Å². The molecule has 7 heteroatoms. The largest absolute Gasteiger partial charge is 0.470 e. The van der Waals surface area contributed by atoms with E-state index in [2.05, 4.69) is 0 Å². The first kappa shape index (κ1) is 19.0. The lowest BCUT2D eigenvalue weighted by atomic mass is 9.68. The third-order valence-electron chi connectivity index (χ3n) is 4.77. The van der Waals surface area contributed by atoms with Crippen LogP contribution in [0.2, 0.25) is 5.82 Å². The first-order chi connectivity index (χ1) is 10.8. The van der Waals surface area contributed by atoms with Gasteiger partial charge < -0.3 is 9.31 Å². The molecule has 1 aromatic carbocycles. The normalized spacial score (nSPS) is 20.9. The van der Waals surface area contributed by atoms with Gasteiger partial charge >= 0.3 is 13.3 Å². The molecule has 0 radical (unpaired) electrons. The summed E-state index contributed by atoms with van der Waals surface area (Å²) in [5.41, 5.74) is -0.679. The molecule has 0 unspecified atom stereocenters. The Hall–Kier alpha value is -1.34. The van der Waals surface area contributed by atoms with Crippen molar-refractivity contribution in [2.45, 2.75) is 64.2 Å². The van der Waals surface area contributed by atoms with Crippen LogP contribution in [0.4, 0.5) is 13.2 Å². The zero-order valence-electron chi connectivity index (χ0n) is 14.5. The monoisotopic (exact) mass is 342 g/mol. The lowest BCUT2D eigenvalue weighted by molar-refractivity contribution is -0.138. The molecule has 1 saturated heterocycles. The van der Waals surface area contributed by atoms with Crippen LogP contribution in [0, 0.1) is 6.92 Å². The van der Waals surface area contributed by atoms with E-state index < -0.39 is 42.5 Å². The number of benzene rings is 1. The fourth-order valence-corrected chi connectivity index (χ4v) is 2.56. The van der Waals surface area contributed by atoms with E-state index in [-0.39, 0.29) is 5.56 Å². The quantitative estimate of drug-likeness (QED) is 0.593. The molecule has 1 aromatic rings. The number of Topliss-reactive ketones (excluding diaryl/α,β-unsaturated/α-hetero) is 1. The molecular formula is C17H22BF3O3. The minimum Gasteiger partial charge on any atom is -0.403 e. The Bertz CT molecular complexity index is 610. The Morgan fingerprint density at radius 2 is 1.71 bits per heavy atom. The predicted octanol–water partition coefficient (Wildman–Crippen LogP) is 4.59. The Balaban J connectivity index is 2.24. The number of ketones is 1. The van der Waals surface area contributed by atoms with Gasteiger partial charge in [0.15, 0.2) is 5.78 Å². The third kappa shape index (κ3) is 3.83. The molecule has 0 bridgehead atoms. The van der Waals surface area contributed by atoms with Gasteiger partial charge in [0, 0.05) is 12.0 Å². The lowest BCUT2D eigenvalue weighted by Crippen LogP contribution is -2.41. The van der Waals surface area contributed by atoms with Gasteiger partial charge in [0.2, 0.25) is 0 Å². The second-order valence-corrected chi connectivity index (χ2v) is 7.27. The van der Waals surface area contributed by atoms with Gasteiger partial charge in [-0.3, -0.25) is 4.79 Å². The second kappa shape index (κ2) is 6.19. The first-order valence-corrected chi connectivity index (χ1v) is 7.86. The number of hydrogen-bond donors (Lipinski definition) is 0. The van der Waals surface area contributed by atoms with Crippen LogP contribution in [0.25, 0.3) is 0 Å². The molecule has 0 N–H and O–H groups in total. The van der Waals surface area contributed by atoms with Crippen molar-refractivity contribution < 1.29 is 27.3 Å². The minimum atomic E-state index is -4.60. The van der Waals surface area contributed by atoms with Crippen molar-refractivity contribution in [1.29, 1.82) is 0 Å². The van der Waals surface area contributed by atoms with E-state index in [0.29, 0.717) is 0 Å². The van der Waals surface area contributed by atoms with E-state index in [0.717, 1.165) is 5.56 Å². The Morgan fingerprint density at radius 1 is 1.17 bits per heavy atom. The van der Waals surface area contributed by atoms with E-state index in [1.54, 1.807) is 52.8 Å². The Kier molecular flexibility index (Phi) is 4.90. The maximum absolute atomic E-state index is 13.5. The molecule has 2 rings (SSSR count). The fourth-order valence-electron chi connectivity index (χ4n) is 2.56. The van der Waals surface area contributed by atoms with Crippen LogP contribution in [0.1, 0.15) is 50.0 Å². The van der Waals surface area contributed by atoms with Gasteiger partial charge in [0.25, 0.3) is 0 Å². The van der Waals surface area contributed by atoms with E-state index in [4.69, 9.17) is 9.31 Å². The van der Waals surface area contributed by atoms with Crippen molar-refractivity contribution in [3.05, 3.63) is 35.4 Å². The SMILES string of the molecule is Cc1cccc(C(=O)C[C@H](B2OC(C)(C)C(C)(C)O2)C(F)(F)F)c1. The van der Waals surface area contributed by atoms with Crippen molar-refractivity contribution in [1.82, 2.24) is 0 Å². The Morgan fingerprint density at radius 3 is 2.17 bits per heavy atom. The number of hydrogen-bond acceptors (Lipinski definition) is 3. The average Bonchev–Trinajstić information content (AvgIpc) is 2.62. The molecule has 1 heterocycles. The van der Waals surface area contributed by atoms with Crippen LogP contribution < -0.4 is 0 Å². The lowest BCUT2D eigenvalue weighted by Gasteiger charge is -2.32. The fraction of sp³-hybridized carbons (Fsp3) is 0.588. The van der Waals surface area contributed by atoms with E-state index in [1.165, 1.54) is 6.07 Å². The van der Waals surface area contributed by atoms with Gasteiger partial charge in [0.1, 0.15) is 0 Å². The molecule has 1 fully saturated rings. The number of aryl methyl sites for hydroxylation is 1. The van der Waals surface area contributed by atoms with Gasteiger partial charge in [-0.25, -0.2) is 0 Å². The molecule has 0 amide bonds. The summed E-state index contributed by atoms with van der Waals surface area (Å²) in [6.07, 6.45) is -5.30. The maximum atomic E-state index is 13.5. The zero-order chi connectivity index (χ0) is 18.3. The van der Waals surface area contributed by atoms with Crippen LogP contribution in [0.15, 0.2) is 24.3 Å². The van der Waals surface area contributed by atoms with Gasteiger partial charge in [-0.1, -0.05) is 23.8 Å². The molecule has 1 aliphatic rings. The predicted molar refractivity (Wildman–Crippen MR) is 86.0 cm³/mol. The van der Waals surface area contributed by atoms with Gasteiger partial charge in [-0.2, -0.15) is 13.2 Å². The third-order valence-corrected chi connectivity index (χ3v) is 4.77. The van der Waals surface area contributed by atoms with Gasteiger partial charge in [0.05, 0.1) is 17.0 Å². The summed E-state index contributed by atoms with van der Waals surface area (Å²) in [5.74, 6) is -2.58. The topological polar surface area (TPSA) is 35.5 Å². The summed E-state index contributed by atoms with van der Waals surface area (Å²) >= 11 is 0. The van der Waals surface area contributed by atoms with Crippen LogP contribution in [-0.4, -0.2) is 30.3 Å². The highest BCUT2D eigenvalue weighted by molar-refractivity contribution is 6.48. The number of alkyl halides is 3. The van der Waals surface area contributed by atoms with Crippen LogP contribution >= 0.6 is 0 Å². The standard InChI is InChI=1S/C17H22BF3O3/c1-11-7-6-8-12(9-11)13(22)10-14(17(19,20)21)18-23-15(2,3)16(4,5)24-18/h6-9,14H,10H2,1-5H3/t14-/m0/s1. The molecule has 3 nitrogen and oxygen atoms in total. The van der Waals surface area contributed by atoms with E-state index in [9.17, 15) is 18.0 Å². The molecule has 0 aromatic heterocycles. The molecule has 0 aliphatic carbocycles. The van der Waals surface area contributed by atoms with E-state index in [1.807, 2.05) is 0 Å².